The van der Waals surface area contributed by atoms with Gasteiger partial charge in [-0.1, -0.05) is 13.0 Å². The van der Waals surface area contributed by atoms with Crippen molar-refractivity contribution in [2.24, 2.45) is 11.8 Å². The Morgan fingerprint density at radius 2 is 1.73 bits per heavy atom. The first kappa shape index (κ1) is 25.1. The Morgan fingerprint density at radius 3 is 2.30 bits per heavy atom. The number of likely N-dealkylation sites (tertiary alicyclic amines) is 1. The number of rotatable bonds is 6. The molecule has 3 rings (SSSR count). The molecule has 0 bridgehead atoms. The van der Waals surface area contributed by atoms with Crippen LogP contribution in [0.1, 0.15) is 45.1 Å². The van der Waals surface area contributed by atoms with Crippen molar-refractivity contribution in [2.45, 2.75) is 57.5 Å². The van der Waals surface area contributed by atoms with E-state index in [4.69, 9.17) is 4.74 Å². The van der Waals surface area contributed by atoms with E-state index in [9.17, 15) is 28.1 Å². The molecule has 2 aliphatic heterocycles. The number of aryl methyl sites for hydroxylation is 1. The zero-order chi connectivity index (χ0) is 24.3. The number of ether oxygens (including phenoxy) is 1. The number of carbonyl (C=O) groups is 2. The average Bonchev–Trinajstić information content (AvgIpc) is 2.79. The highest BCUT2D eigenvalue weighted by Crippen LogP contribution is 2.29. The molecule has 2 saturated heterocycles. The van der Waals surface area contributed by atoms with Crippen molar-refractivity contribution in [2.75, 3.05) is 26.2 Å². The normalized spacial score (nSPS) is 19.8. The molecule has 2 fully saturated rings. The molecule has 0 aliphatic carbocycles. The molecule has 10 nitrogen and oxygen atoms in total. The van der Waals surface area contributed by atoms with Crippen LogP contribution in [0.4, 0.5) is 5.69 Å². The molecule has 0 radical (unpaired) electrons. The van der Waals surface area contributed by atoms with Crippen LogP contribution in [0.15, 0.2) is 23.1 Å². The minimum atomic E-state index is -3.94. The summed E-state index contributed by atoms with van der Waals surface area (Å²) in [4.78, 5) is 37.2. The Hall–Kier alpha value is -2.53. The first-order chi connectivity index (χ1) is 15.5. The summed E-state index contributed by atoms with van der Waals surface area (Å²) in [6.07, 6.45) is 1.51. The third kappa shape index (κ3) is 5.70. The maximum atomic E-state index is 13.1. The molecule has 1 amide bonds. The van der Waals surface area contributed by atoms with Crippen LogP contribution in [0.25, 0.3) is 0 Å². The van der Waals surface area contributed by atoms with Crippen molar-refractivity contribution >= 4 is 27.6 Å². The molecule has 2 heterocycles. The second-order valence-electron chi connectivity index (χ2n) is 8.97. The van der Waals surface area contributed by atoms with Crippen LogP contribution in [-0.4, -0.2) is 66.7 Å². The molecule has 0 spiro atoms. The minimum Gasteiger partial charge on any atom is -0.452 e. The van der Waals surface area contributed by atoms with Crippen LogP contribution in [0.3, 0.4) is 0 Å². The standard InChI is InChI=1S/C22H31N3O7S/c1-15-6-10-23(11-7-15)21(26)17(3)32-22(27)18-8-12-24(13-9-18)33(30,31)20-14-19(25(28)29)5-4-16(20)2/h4-5,14-15,17-18H,6-13H2,1-3H3. The molecular weight excluding hydrogens is 450 g/mol. The van der Waals surface area contributed by atoms with Gasteiger partial charge >= 0.3 is 5.97 Å². The highest BCUT2D eigenvalue weighted by molar-refractivity contribution is 7.89. The summed E-state index contributed by atoms with van der Waals surface area (Å²) < 4.78 is 32.8. The minimum absolute atomic E-state index is 0.0938. The van der Waals surface area contributed by atoms with Gasteiger partial charge in [0.1, 0.15) is 0 Å². The predicted octanol–water partition coefficient (Wildman–Crippen LogP) is 2.49. The average molecular weight is 482 g/mol. The quantitative estimate of drug-likeness (QED) is 0.347. The van der Waals surface area contributed by atoms with Crippen LogP contribution in [0.5, 0.6) is 0 Å². The van der Waals surface area contributed by atoms with Gasteiger partial charge in [-0.2, -0.15) is 4.31 Å². The fourth-order valence-electron chi connectivity index (χ4n) is 4.26. The maximum absolute atomic E-state index is 13.1. The number of nitro benzene ring substituents is 1. The van der Waals surface area contributed by atoms with Crippen molar-refractivity contribution in [1.29, 1.82) is 0 Å². The molecule has 0 N–H and O–H groups in total. The molecule has 182 valence electrons. The highest BCUT2D eigenvalue weighted by atomic mass is 32.2. The first-order valence-corrected chi connectivity index (χ1v) is 12.7. The lowest BCUT2D eigenvalue weighted by atomic mass is 9.98. The van der Waals surface area contributed by atoms with Gasteiger partial charge in [-0.15, -0.1) is 0 Å². The van der Waals surface area contributed by atoms with Crippen molar-refractivity contribution in [3.8, 4) is 0 Å². The lowest BCUT2D eigenvalue weighted by Gasteiger charge is -2.33. The smallest absolute Gasteiger partial charge is 0.309 e. The Morgan fingerprint density at radius 1 is 1.12 bits per heavy atom. The third-order valence-corrected chi connectivity index (χ3v) is 8.56. The zero-order valence-corrected chi connectivity index (χ0v) is 20.0. The van der Waals surface area contributed by atoms with E-state index < -0.39 is 32.9 Å². The molecule has 0 aromatic heterocycles. The first-order valence-electron chi connectivity index (χ1n) is 11.2. The van der Waals surface area contributed by atoms with Crippen LogP contribution in [0.2, 0.25) is 0 Å². The fourth-order valence-corrected chi connectivity index (χ4v) is 5.97. The fraction of sp³-hybridized carbons (Fsp3) is 0.636. The highest BCUT2D eigenvalue weighted by Gasteiger charge is 2.35. The topological polar surface area (TPSA) is 127 Å². The molecule has 2 aliphatic rings. The van der Waals surface area contributed by atoms with E-state index in [1.165, 1.54) is 16.4 Å². The lowest BCUT2D eigenvalue weighted by Crippen LogP contribution is -2.45. The summed E-state index contributed by atoms with van der Waals surface area (Å²) in [5, 5.41) is 11.1. The molecular formula is C22H31N3O7S. The van der Waals surface area contributed by atoms with Crippen LogP contribution < -0.4 is 0 Å². The van der Waals surface area contributed by atoms with Gasteiger partial charge in [0.05, 0.1) is 15.7 Å². The Balaban J connectivity index is 1.58. The van der Waals surface area contributed by atoms with E-state index >= 15 is 0 Å². The van der Waals surface area contributed by atoms with Crippen LogP contribution in [0, 0.1) is 28.9 Å². The van der Waals surface area contributed by atoms with E-state index in [1.54, 1.807) is 18.7 Å². The summed E-state index contributed by atoms with van der Waals surface area (Å²) in [6, 6.07) is 3.75. The number of benzene rings is 1. The number of carbonyl (C=O) groups excluding carboxylic acids is 2. The van der Waals surface area contributed by atoms with Gasteiger partial charge in [-0.3, -0.25) is 19.7 Å². The van der Waals surface area contributed by atoms with Gasteiger partial charge in [0.15, 0.2) is 6.10 Å². The number of hydrogen-bond acceptors (Lipinski definition) is 7. The van der Waals surface area contributed by atoms with Crippen molar-refractivity contribution < 1.29 is 27.7 Å². The Bertz CT molecular complexity index is 1010. The molecule has 33 heavy (non-hydrogen) atoms. The summed E-state index contributed by atoms with van der Waals surface area (Å²) in [7, 11) is -3.94. The van der Waals surface area contributed by atoms with E-state index in [2.05, 4.69) is 6.92 Å². The maximum Gasteiger partial charge on any atom is 0.309 e. The second-order valence-corrected chi connectivity index (χ2v) is 10.9. The Labute approximate surface area is 194 Å². The number of nitrogens with zero attached hydrogens (tertiary/aromatic N) is 3. The molecule has 1 unspecified atom stereocenters. The SMILES string of the molecule is Cc1ccc([N+](=O)[O-])cc1S(=O)(=O)N1CCC(C(=O)OC(C)C(=O)N2CCC(C)CC2)CC1. The number of amides is 1. The largest absolute Gasteiger partial charge is 0.452 e. The van der Waals surface area contributed by atoms with Gasteiger partial charge in [0.2, 0.25) is 10.0 Å². The molecule has 1 aromatic rings. The van der Waals surface area contributed by atoms with Gasteiger partial charge in [-0.25, -0.2) is 8.42 Å². The van der Waals surface area contributed by atoms with Gasteiger partial charge in [0.25, 0.3) is 11.6 Å². The van der Waals surface area contributed by atoms with Gasteiger partial charge in [0, 0.05) is 38.3 Å². The van der Waals surface area contributed by atoms with Crippen molar-refractivity contribution in [1.82, 2.24) is 9.21 Å². The third-order valence-electron chi connectivity index (χ3n) is 6.52. The molecule has 0 saturated carbocycles. The summed E-state index contributed by atoms with van der Waals surface area (Å²) in [6.45, 7) is 6.82. The van der Waals surface area contributed by atoms with Crippen molar-refractivity contribution in [3.05, 3.63) is 33.9 Å². The number of sulfonamides is 1. The number of piperidine rings is 2. The summed E-state index contributed by atoms with van der Waals surface area (Å²) >= 11 is 0. The van der Waals surface area contributed by atoms with Crippen LogP contribution in [-0.2, 0) is 24.3 Å². The van der Waals surface area contributed by atoms with E-state index in [0.717, 1.165) is 18.9 Å². The summed E-state index contributed by atoms with van der Waals surface area (Å²) in [5.41, 5.74) is 0.126. The number of hydrogen-bond donors (Lipinski definition) is 0. The van der Waals surface area contributed by atoms with E-state index in [0.29, 0.717) is 24.6 Å². The van der Waals surface area contributed by atoms with Crippen LogP contribution >= 0.6 is 0 Å². The monoisotopic (exact) mass is 481 g/mol. The van der Waals surface area contributed by atoms with Gasteiger partial charge < -0.3 is 9.64 Å². The van der Waals surface area contributed by atoms with E-state index in [-0.39, 0.29) is 42.4 Å². The Kier molecular flexibility index (Phi) is 7.73. The molecule has 1 atom stereocenters. The molecule has 11 heteroatoms. The zero-order valence-electron chi connectivity index (χ0n) is 19.2. The number of non-ortho nitro benzene ring substituents is 1. The molecule has 1 aromatic carbocycles. The number of esters is 1. The van der Waals surface area contributed by atoms with Crippen molar-refractivity contribution in [3.63, 3.8) is 0 Å². The number of nitro groups is 1. The second kappa shape index (κ2) is 10.2. The van der Waals surface area contributed by atoms with E-state index in [1.807, 2.05) is 0 Å². The van der Waals surface area contributed by atoms with Gasteiger partial charge in [-0.05, 0) is 51.0 Å². The lowest BCUT2D eigenvalue weighted by molar-refractivity contribution is -0.385. The summed E-state index contributed by atoms with van der Waals surface area (Å²) in [5.74, 6) is -0.611. The predicted molar refractivity (Wildman–Crippen MR) is 120 cm³/mol.